The summed E-state index contributed by atoms with van der Waals surface area (Å²) in [4.78, 5) is 16.3. The van der Waals surface area contributed by atoms with Crippen LogP contribution in [0.3, 0.4) is 0 Å². The first-order chi connectivity index (χ1) is 6.84. The summed E-state index contributed by atoms with van der Waals surface area (Å²) in [5.41, 5.74) is 2.61. The number of nitrogens with zero attached hydrogens (tertiary/aromatic N) is 1. The van der Waals surface area contributed by atoms with Gasteiger partial charge in [-0.25, -0.2) is 0 Å². The summed E-state index contributed by atoms with van der Waals surface area (Å²) in [5, 5.41) is 1.81. The number of rotatable bonds is 0. The largest absolute Gasteiger partial charge is 0.367 e. The zero-order chi connectivity index (χ0) is 9.54. The molecular formula is C11H11NO2. The van der Waals surface area contributed by atoms with Gasteiger partial charge in [-0.15, -0.1) is 5.06 Å². The lowest BCUT2D eigenvalue weighted by molar-refractivity contribution is -0.176. The molecule has 0 aromatic heterocycles. The van der Waals surface area contributed by atoms with Gasteiger partial charge in [0, 0.05) is 6.54 Å². The minimum absolute atomic E-state index is 0.105. The van der Waals surface area contributed by atoms with E-state index >= 15 is 0 Å². The average molecular weight is 189 g/mol. The van der Waals surface area contributed by atoms with Gasteiger partial charge in [0.15, 0.2) is 0 Å². The molecule has 3 heteroatoms. The van der Waals surface area contributed by atoms with E-state index < -0.39 is 0 Å². The molecule has 0 saturated carbocycles. The molecule has 1 saturated heterocycles. The van der Waals surface area contributed by atoms with Crippen molar-refractivity contribution in [3.8, 4) is 0 Å². The van der Waals surface area contributed by atoms with Crippen molar-refractivity contribution in [3.05, 3.63) is 35.4 Å². The molecule has 0 N–H and O–H groups in total. The van der Waals surface area contributed by atoms with E-state index in [9.17, 15) is 4.79 Å². The van der Waals surface area contributed by atoms with E-state index in [1.807, 2.05) is 17.2 Å². The summed E-state index contributed by atoms with van der Waals surface area (Å²) in [6.45, 7) is 0.827. The minimum Gasteiger partial charge on any atom is -0.367 e. The Hall–Kier alpha value is -1.35. The number of hydroxylamine groups is 2. The van der Waals surface area contributed by atoms with E-state index in [-0.39, 0.29) is 12.0 Å². The van der Waals surface area contributed by atoms with Crippen LogP contribution in [0.2, 0.25) is 0 Å². The monoisotopic (exact) mass is 189 g/mol. The molecule has 1 unspecified atom stereocenters. The molecule has 0 spiro atoms. The van der Waals surface area contributed by atoms with Crippen molar-refractivity contribution in [2.45, 2.75) is 18.9 Å². The highest BCUT2D eigenvalue weighted by Crippen LogP contribution is 2.36. The normalized spacial score (nSPS) is 25.4. The molecule has 2 heterocycles. The molecule has 0 amide bonds. The Morgan fingerprint density at radius 1 is 1.36 bits per heavy atom. The molecule has 3 nitrogen and oxygen atoms in total. The quantitative estimate of drug-likeness (QED) is 0.618. The van der Waals surface area contributed by atoms with Crippen molar-refractivity contribution in [2.24, 2.45) is 0 Å². The standard InChI is InChI=1S/C11H11NO2/c13-11-7-10-9-4-2-1-3-8(9)5-6-12(10)14-11/h1-4,10H,5-7H2. The van der Waals surface area contributed by atoms with Gasteiger partial charge >= 0.3 is 5.97 Å². The average Bonchev–Trinajstić information content (AvgIpc) is 2.59. The third-order valence-corrected chi connectivity index (χ3v) is 2.94. The Morgan fingerprint density at radius 3 is 3.14 bits per heavy atom. The number of carbonyl (C=O) groups excluding carboxylic acids is 1. The number of benzene rings is 1. The van der Waals surface area contributed by atoms with Crippen molar-refractivity contribution >= 4 is 5.97 Å². The van der Waals surface area contributed by atoms with Crippen LogP contribution < -0.4 is 0 Å². The lowest BCUT2D eigenvalue weighted by Crippen LogP contribution is -2.29. The first-order valence-corrected chi connectivity index (χ1v) is 4.90. The first-order valence-electron chi connectivity index (χ1n) is 4.90. The highest BCUT2D eigenvalue weighted by atomic mass is 16.7. The number of hydrogen-bond acceptors (Lipinski definition) is 3. The molecule has 1 fully saturated rings. The number of hydrogen-bond donors (Lipinski definition) is 0. The summed E-state index contributed by atoms with van der Waals surface area (Å²) < 4.78 is 0. The van der Waals surface area contributed by atoms with Crippen LogP contribution >= 0.6 is 0 Å². The van der Waals surface area contributed by atoms with Crippen LogP contribution in [-0.2, 0) is 16.1 Å². The van der Waals surface area contributed by atoms with Gasteiger partial charge in [-0.2, -0.15) is 0 Å². The molecule has 0 radical (unpaired) electrons. The van der Waals surface area contributed by atoms with Crippen LogP contribution in [0.15, 0.2) is 24.3 Å². The Balaban J connectivity index is 2.05. The van der Waals surface area contributed by atoms with Gasteiger partial charge in [0.1, 0.15) is 0 Å². The highest BCUT2D eigenvalue weighted by molar-refractivity contribution is 5.72. The van der Waals surface area contributed by atoms with Gasteiger partial charge in [-0.05, 0) is 17.5 Å². The molecule has 2 aliphatic rings. The van der Waals surface area contributed by atoms with Gasteiger partial charge in [-0.3, -0.25) is 4.79 Å². The van der Waals surface area contributed by atoms with Gasteiger partial charge in [0.2, 0.25) is 0 Å². The maximum atomic E-state index is 11.2. The van der Waals surface area contributed by atoms with Crippen LogP contribution in [0.25, 0.3) is 0 Å². The van der Waals surface area contributed by atoms with Gasteiger partial charge in [-0.1, -0.05) is 24.3 Å². The van der Waals surface area contributed by atoms with Crippen LogP contribution in [0.4, 0.5) is 0 Å². The molecule has 72 valence electrons. The van der Waals surface area contributed by atoms with E-state index in [0.717, 1.165) is 13.0 Å². The predicted molar refractivity (Wildman–Crippen MR) is 50.3 cm³/mol. The van der Waals surface area contributed by atoms with Crippen LogP contribution in [0, 0.1) is 0 Å². The smallest absolute Gasteiger partial charge is 0.327 e. The van der Waals surface area contributed by atoms with E-state index in [4.69, 9.17) is 4.84 Å². The van der Waals surface area contributed by atoms with Crippen molar-refractivity contribution in [3.63, 3.8) is 0 Å². The fourth-order valence-corrected chi connectivity index (χ4v) is 2.28. The number of fused-ring (bicyclic) bond motifs is 3. The third-order valence-electron chi connectivity index (χ3n) is 2.94. The Morgan fingerprint density at radius 2 is 2.21 bits per heavy atom. The molecule has 2 aliphatic heterocycles. The molecule has 1 aromatic rings. The van der Waals surface area contributed by atoms with Crippen LogP contribution in [0.1, 0.15) is 23.6 Å². The Labute approximate surface area is 82.2 Å². The summed E-state index contributed by atoms with van der Waals surface area (Å²) in [5.74, 6) is -0.105. The fraction of sp³-hybridized carbons (Fsp3) is 0.364. The van der Waals surface area contributed by atoms with Crippen LogP contribution in [0.5, 0.6) is 0 Å². The lowest BCUT2D eigenvalue weighted by atomic mass is 9.93. The second-order valence-corrected chi connectivity index (χ2v) is 3.77. The van der Waals surface area contributed by atoms with Crippen molar-refractivity contribution in [2.75, 3.05) is 6.54 Å². The first kappa shape index (κ1) is 8.00. The molecule has 3 rings (SSSR count). The summed E-state index contributed by atoms with van der Waals surface area (Å²) in [7, 11) is 0. The van der Waals surface area contributed by atoms with Gasteiger partial charge in [0.05, 0.1) is 12.5 Å². The van der Waals surface area contributed by atoms with E-state index in [1.165, 1.54) is 11.1 Å². The molecule has 1 aromatic carbocycles. The maximum Gasteiger partial charge on any atom is 0.327 e. The summed E-state index contributed by atoms with van der Waals surface area (Å²) in [6.07, 6.45) is 1.47. The zero-order valence-corrected chi connectivity index (χ0v) is 7.77. The van der Waals surface area contributed by atoms with Gasteiger partial charge < -0.3 is 4.84 Å². The Bertz CT molecular complexity index is 389. The minimum atomic E-state index is -0.105. The topological polar surface area (TPSA) is 29.5 Å². The molecule has 14 heavy (non-hydrogen) atoms. The molecule has 0 bridgehead atoms. The molecular weight excluding hydrogens is 178 g/mol. The van der Waals surface area contributed by atoms with Crippen LogP contribution in [-0.4, -0.2) is 17.6 Å². The number of carbonyl (C=O) groups is 1. The zero-order valence-electron chi connectivity index (χ0n) is 7.77. The van der Waals surface area contributed by atoms with Crippen molar-refractivity contribution in [1.29, 1.82) is 0 Å². The van der Waals surface area contributed by atoms with E-state index in [1.54, 1.807) is 0 Å². The lowest BCUT2D eigenvalue weighted by Gasteiger charge is -2.28. The SMILES string of the molecule is O=C1CC2c3ccccc3CCN2O1. The third kappa shape index (κ3) is 1.06. The summed E-state index contributed by atoms with van der Waals surface area (Å²) >= 11 is 0. The van der Waals surface area contributed by atoms with Crippen molar-refractivity contribution in [1.82, 2.24) is 5.06 Å². The fourth-order valence-electron chi connectivity index (χ4n) is 2.28. The predicted octanol–water partition coefficient (Wildman–Crippen LogP) is 1.45. The molecule has 1 atom stereocenters. The second kappa shape index (κ2) is 2.82. The maximum absolute atomic E-state index is 11.2. The van der Waals surface area contributed by atoms with Gasteiger partial charge in [0.25, 0.3) is 0 Å². The van der Waals surface area contributed by atoms with E-state index in [2.05, 4.69) is 12.1 Å². The second-order valence-electron chi connectivity index (χ2n) is 3.77. The van der Waals surface area contributed by atoms with Crippen molar-refractivity contribution < 1.29 is 9.63 Å². The summed E-state index contributed by atoms with van der Waals surface area (Å²) in [6, 6.07) is 8.45. The molecule has 0 aliphatic carbocycles. The highest BCUT2D eigenvalue weighted by Gasteiger charge is 2.37. The Kier molecular flexibility index (Phi) is 1.61. The van der Waals surface area contributed by atoms with E-state index in [0.29, 0.717) is 6.42 Å².